The zero-order valence-electron chi connectivity index (χ0n) is 19.7. The van der Waals surface area contributed by atoms with Gasteiger partial charge in [0.25, 0.3) is 0 Å². The third kappa shape index (κ3) is 6.16. The minimum atomic E-state index is -0.690. The first-order valence-electron chi connectivity index (χ1n) is 11.6. The molecule has 0 aliphatic carbocycles. The molecule has 2 heterocycles. The summed E-state index contributed by atoms with van der Waals surface area (Å²) >= 11 is 5.46. The van der Waals surface area contributed by atoms with Crippen molar-refractivity contribution >= 4 is 39.6 Å². The summed E-state index contributed by atoms with van der Waals surface area (Å²) in [5, 5.41) is 19.1. The molecule has 3 unspecified atom stereocenters. The lowest BCUT2D eigenvalue weighted by Gasteiger charge is -2.38. The van der Waals surface area contributed by atoms with Gasteiger partial charge in [-0.25, -0.2) is 0 Å². The highest BCUT2D eigenvalue weighted by Crippen LogP contribution is 2.32. The van der Waals surface area contributed by atoms with Crippen LogP contribution in [0.15, 0.2) is 73.4 Å². The molecule has 0 spiro atoms. The molecule has 1 aromatic heterocycles. The number of rotatable bonds is 5. The summed E-state index contributed by atoms with van der Waals surface area (Å²) in [5.74, 6) is 0.972. The molecule has 0 amide bonds. The highest BCUT2D eigenvalue weighted by Gasteiger charge is 2.29. The van der Waals surface area contributed by atoms with Crippen molar-refractivity contribution in [3.05, 3.63) is 79.0 Å². The van der Waals surface area contributed by atoms with Gasteiger partial charge in [0, 0.05) is 41.6 Å². The molecular weight excluding hydrogens is 428 g/mol. The largest absolute Gasteiger partial charge is 0.374 e. The van der Waals surface area contributed by atoms with Crippen LogP contribution >= 0.6 is 12.2 Å². The molecule has 1 aliphatic heterocycles. The average Bonchev–Trinajstić information content (AvgIpc) is 2.85. The number of likely N-dealkylation sites (tertiary alicyclic amines) is 1. The number of pyridine rings is 1. The summed E-state index contributed by atoms with van der Waals surface area (Å²) < 4.78 is 0. The van der Waals surface area contributed by atoms with Crippen LogP contribution in [-0.2, 0) is 0 Å². The smallest absolute Gasteiger partial charge is 0.175 e. The lowest BCUT2D eigenvalue weighted by Crippen LogP contribution is -2.41. The number of aliphatic hydroxyl groups excluding tert-OH is 1. The molecule has 3 N–H and O–H groups in total. The molecule has 2 aromatic carbocycles. The first kappa shape index (κ1) is 24.8. The maximum atomic E-state index is 11.2. The van der Waals surface area contributed by atoms with Crippen molar-refractivity contribution < 1.29 is 5.11 Å². The number of nitrogens with zero attached hydrogens (tertiary/aromatic N) is 2. The predicted molar refractivity (Wildman–Crippen MR) is 143 cm³/mol. The zero-order chi connectivity index (χ0) is 23.8. The number of benzene rings is 2. The fraction of sp³-hybridized carbons (Fsp3) is 0.333. The molecule has 1 saturated heterocycles. The standard InChI is InChI=1S/C25H28N4OS.C2H6/c1-3-18-16-29(14-12-17(18)2)24(30)21-11-13-26-23-10-9-20(15-22(21)23)28-25(31)27-19-7-5-4-6-8-19;1-2/h3-11,13,15,17-18,24,30H,1,12,14,16H2,2H3,(H2,27,28,31);1-2H3. The highest BCUT2D eigenvalue weighted by molar-refractivity contribution is 7.80. The van der Waals surface area contributed by atoms with E-state index < -0.39 is 6.23 Å². The van der Waals surface area contributed by atoms with E-state index in [-0.39, 0.29) is 0 Å². The van der Waals surface area contributed by atoms with Crippen LogP contribution in [0.5, 0.6) is 0 Å². The predicted octanol–water partition coefficient (Wildman–Crippen LogP) is 6.20. The zero-order valence-corrected chi connectivity index (χ0v) is 20.5. The summed E-state index contributed by atoms with van der Waals surface area (Å²) in [6, 6.07) is 17.6. The number of aromatic nitrogens is 1. The average molecular weight is 463 g/mol. The molecule has 0 saturated carbocycles. The molecule has 0 radical (unpaired) electrons. The molecular formula is C27H34N4OS. The van der Waals surface area contributed by atoms with Crippen molar-refractivity contribution in [3.8, 4) is 0 Å². The van der Waals surface area contributed by atoms with E-state index in [4.69, 9.17) is 12.2 Å². The summed E-state index contributed by atoms with van der Waals surface area (Å²) in [7, 11) is 0. The maximum Gasteiger partial charge on any atom is 0.175 e. The molecule has 33 heavy (non-hydrogen) atoms. The van der Waals surface area contributed by atoms with Crippen LogP contribution in [0.2, 0.25) is 0 Å². The second kappa shape index (κ2) is 11.9. The fourth-order valence-electron chi connectivity index (χ4n) is 4.14. The minimum Gasteiger partial charge on any atom is -0.374 e. The first-order valence-corrected chi connectivity index (χ1v) is 12.0. The summed E-state index contributed by atoms with van der Waals surface area (Å²) in [5.41, 5.74) is 3.47. The Kier molecular flexibility index (Phi) is 8.95. The van der Waals surface area contributed by atoms with Crippen molar-refractivity contribution in [1.29, 1.82) is 0 Å². The molecule has 0 bridgehead atoms. The third-order valence-electron chi connectivity index (χ3n) is 6.04. The van der Waals surface area contributed by atoms with E-state index in [1.807, 2.05) is 74.5 Å². The number of thiocarbonyl (C=S) groups is 1. The Morgan fingerprint density at radius 1 is 1.15 bits per heavy atom. The van der Waals surface area contributed by atoms with Crippen LogP contribution in [0, 0.1) is 11.8 Å². The van der Waals surface area contributed by atoms with E-state index in [1.54, 1.807) is 6.20 Å². The van der Waals surface area contributed by atoms with Gasteiger partial charge in [-0.2, -0.15) is 0 Å². The fourth-order valence-corrected chi connectivity index (χ4v) is 4.37. The van der Waals surface area contributed by atoms with E-state index in [2.05, 4.69) is 34.0 Å². The van der Waals surface area contributed by atoms with Crippen LogP contribution in [-0.4, -0.2) is 33.2 Å². The Hall–Kier alpha value is -2.80. The van der Waals surface area contributed by atoms with Crippen molar-refractivity contribution in [2.75, 3.05) is 23.7 Å². The summed E-state index contributed by atoms with van der Waals surface area (Å²) in [6.07, 6.45) is 4.12. The van der Waals surface area contributed by atoms with Gasteiger partial charge in [-0.05, 0) is 66.9 Å². The number of hydrogen-bond donors (Lipinski definition) is 3. The van der Waals surface area contributed by atoms with Gasteiger partial charge in [0.2, 0.25) is 0 Å². The van der Waals surface area contributed by atoms with E-state index in [9.17, 15) is 5.11 Å². The lowest BCUT2D eigenvalue weighted by molar-refractivity contribution is -0.0277. The molecule has 1 aliphatic rings. The summed E-state index contributed by atoms with van der Waals surface area (Å²) in [6.45, 7) is 11.9. The Labute approximate surface area is 202 Å². The Balaban J connectivity index is 0.00000149. The number of fused-ring (bicyclic) bond motifs is 1. The van der Waals surface area contributed by atoms with Gasteiger partial charge in [-0.3, -0.25) is 9.88 Å². The van der Waals surface area contributed by atoms with Crippen molar-refractivity contribution in [2.24, 2.45) is 11.8 Å². The van der Waals surface area contributed by atoms with Gasteiger partial charge in [-0.15, -0.1) is 6.58 Å². The lowest BCUT2D eigenvalue weighted by atomic mass is 9.86. The Bertz CT molecular complexity index is 1070. The van der Waals surface area contributed by atoms with Crippen LogP contribution < -0.4 is 10.6 Å². The van der Waals surface area contributed by atoms with Crippen molar-refractivity contribution in [3.63, 3.8) is 0 Å². The number of hydrogen-bond acceptors (Lipinski definition) is 4. The first-order chi connectivity index (χ1) is 16.0. The molecule has 1 fully saturated rings. The maximum absolute atomic E-state index is 11.2. The van der Waals surface area contributed by atoms with Crippen LogP contribution in [0.4, 0.5) is 11.4 Å². The Morgan fingerprint density at radius 2 is 1.88 bits per heavy atom. The topological polar surface area (TPSA) is 60.4 Å². The number of anilines is 2. The number of para-hydroxylation sites is 1. The Morgan fingerprint density at radius 3 is 2.61 bits per heavy atom. The molecule has 5 nitrogen and oxygen atoms in total. The van der Waals surface area contributed by atoms with Gasteiger partial charge in [0.1, 0.15) is 6.23 Å². The van der Waals surface area contributed by atoms with E-state index in [1.165, 1.54) is 0 Å². The number of piperidine rings is 1. The van der Waals surface area contributed by atoms with E-state index in [0.29, 0.717) is 16.9 Å². The molecule has 174 valence electrons. The molecule has 3 atom stereocenters. The summed E-state index contributed by atoms with van der Waals surface area (Å²) in [4.78, 5) is 6.61. The van der Waals surface area contributed by atoms with Crippen LogP contribution in [0.1, 0.15) is 39.0 Å². The SMILES string of the molecule is C=CC1CN(C(O)c2ccnc3ccc(NC(=S)Nc4ccccc4)cc23)CCC1C.CC. The second-order valence-corrected chi connectivity index (χ2v) is 8.52. The van der Waals surface area contributed by atoms with Gasteiger partial charge in [0.15, 0.2) is 5.11 Å². The van der Waals surface area contributed by atoms with Crippen molar-refractivity contribution in [1.82, 2.24) is 9.88 Å². The normalized spacial score (nSPS) is 19.2. The van der Waals surface area contributed by atoms with Gasteiger partial charge in [0.05, 0.1) is 5.52 Å². The van der Waals surface area contributed by atoms with E-state index in [0.717, 1.165) is 47.4 Å². The number of nitrogens with one attached hydrogen (secondary N) is 2. The molecule has 6 heteroatoms. The second-order valence-electron chi connectivity index (χ2n) is 8.11. The van der Waals surface area contributed by atoms with Gasteiger partial charge in [-0.1, -0.05) is 45.0 Å². The van der Waals surface area contributed by atoms with Crippen molar-refractivity contribution in [2.45, 2.75) is 33.4 Å². The van der Waals surface area contributed by atoms with Gasteiger partial charge >= 0.3 is 0 Å². The van der Waals surface area contributed by atoms with Gasteiger partial charge < -0.3 is 15.7 Å². The highest BCUT2D eigenvalue weighted by atomic mass is 32.1. The minimum absolute atomic E-state index is 0.384. The quantitative estimate of drug-likeness (QED) is 0.310. The monoisotopic (exact) mass is 462 g/mol. The van der Waals surface area contributed by atoms with Crippen LogP contribution in [0.3, 0.4) is 0 Å². The third-order valence-corrected chi connectivity index (χ3v) is 6.24. The van der Waals surface area contributed by atoms with E-state index >= 15 is 0 Å². The molecule has 3 aromatic rings. The van der Waals surface area contributed by atoms with Crippen LogP contribution in [0.25, 0.3) is 10.9 Å². The number of aliphatic hydroxyl groups is 1. The molecule has 4 rings (SSSR count).